The number of hydrogen-bond donors (Lipinski definition) is 1. The zero-order chi connectivity index (χ0) is 12.3. The molecule has 2 heteroatoms. The normalized spacial score (nSPS) is 12.1. The maximum Gasteiger partial charge on any atom is 0.150 e. The van der Waals surface area contributed by atoms with E-state index in [-0.39, 0.29) is 5.92 Å². The van der Waals surface area contributed by atoms with Crippen LogP contribution in [0.4, 0.5) is 5.69 Å². The largest absolute Gasteiger partial charge is 0.398 e. The maximum atomic E-state index is 11.0. The van der Waals surface area contributed by atoms with Crippen molar-refractivity contribution in [2.24, 2.45) is 0 Å². The van der Waals surface area contributed by atoms with E-state index in [1.165, 1.54) is 0 Å². The summed E-state index contributed by atoms with van der Waals surface area (Å²) in [5, 5.41) is 0. The van der Waals surface area contributed by atoms with Crippen LogP contribution in [0.5, 0.6) is 0 Å². The van der Waals surface area contributed by atoms with E-state index >= 15 is 0 Å². The lowest BCUT2D eigenvalue weighted by Gasteiger charge is -2.16. The van der Waals surface area contributed by atoms with E-state index in [4.69, 9.17) is 5.73 Å². The van der Waals surface area contributed by atoms with Crippen LogP contribution in [0.2, 0.25) is 0 Å². The maximum absolute atomic E-state index is 11.0. The molecule has 0 spiro atoms. The Labute approximate surface area is 101 Å². The molecular weight excluding hydrogens is 210 g/mol. The first-order valence-corrected chi connectivity index (χ1v) is 5.62. The number of carbonyl (C=O) groups excluding carboxylic acids is 1. The fraction of sp³-hybridized carbons (Fsp3) is 0.133. The number of carbonyl (C=O) groups is 1. The predicted octanol–water partition coefficient (Wildman–Crippen LogP) is 3.23. The monoisotopic (exact) mass is 225 g/mol. The SMILES string of the molecule is CC(c1ccccc1N)c1ccccc1C=O. The molecule has 1 atom stereocenters. The second-order valence-corrected chi connectivity index (χ2v) is 4.10. The van der Waals surface area contributed by atoms with Crippen LogP contribution in [0.1, 0.15) is 34.3 Å². The van der Waals surface area contributed by atoms with Crippen molar-refractivity contribution in [2.75, 3.05) is 5.73 Å². The highest BCUT2D eigenvalue weighted by atomic mass is 16.1. The molecule has 2 aromatic carbocycles. The molecular formula is C15H15NO. The summed E-state index contributed by atoms with van der Waals surface area (Å²) >= 11 is 0. The summed E-state index contributed by atoms with van der Waals surface area (Å²) in [6.45, 7) is 2.06. The molecule has 1 unspecified atom stereocenters. The van der Waals surface area contributed by atoms with Gasteiger partial charge in [0.15, 0.2) is 0 Å². The van der Waals surface area contributed by atoms with Gasteiger partial charge in [-0.05, 0) is 17.2 Å². The Bertz CT molecular complexity index is 534. The number of hydrogen-bond acceptors (Lipinski definition) is 2. The van der Waals surface area contributed by atoms with Crippen molar-refractivity contribution in [2.45, 2.75) is 12.8 Å². The van der Waals surface area contributed by atoms with Gasteiger partial charge in [0.1, 0.15) is 6.29 Å². The molecule has 0 saturated carbocycles. The molecule has 2 N–H and O–H groups in total. The summed E-state index contributed by atoms with van der Waals surface area (Å²) in [6, 6.07) is 15.4. The van der Waals surface area contributed by atoms with Gasteiger partial charge in [-0.25, -0.2) is 0 Å². The summed E-state index contributed by atoms with van der Waals surface area (Å²) in [7, 11) is 0. The standard InChI is InChI=1S/C15H15NO/c1-11(14-8-4-5-9-15(14)16)13-7-3-2-6-12(13)10-17/h2-11H,16H2,1H3. The quantitative estimate of drug-likeness (QED) is 0.643. The third-order valence-electron chi connectivity index (χ3n) is 3.05. The molecule has 0 fully saturated rings. The lowest BCUT2D eigenvalue weighted by molar-refractivity contribution is 0.112. The van der Waals surface area contributed by atoms with Crippen molar-refractivity contribution in [3.05, 3.63) is 65.2 Å². The number of para-hydroxylation sites is 1. The number of rotatable bonds is 3. The average molecular weight is 225 g/mol. The van der Waals surface area contributed by atoms with Crippen molar-refractivity contribution in [3.63, 3.8) is 0 Å². The Morgan fingerprint density at radius 3 is 2.24 bits per heavy atom. The molecule has 0 radical (unpaired) electrons. The summed E-state index contributed by atoms with van der Waals surface area (Å²) in [4.78, 5) is 11.0. The second-order valence-electron chi connectivity index (χ2n) is 4.10. The number of benzene rings is 2. The summed E-state index contributed by atoms with van der Waals surface area (Å²) in [5.74, 6) is 0.123. The van der Waals surface area contributed by atoms with Gasteiger partial charge < -0.3 is 5.73 Å². The third kappa shape index (κ3) is 2.21. The van der Waals surface area contributed by atoms with Gasteiger partial charge in [-0.3, -0.25) is 4.79 Å². The highest BCUT2D eigenvalue weighted by molar-refractivity contribution is 5.78. The molecule has 2 rings (SSSR count). The van der Waals surface area contributed by atoms with Crippen LogP contribution in [-0.4, -0.2) is 6.29 Å². The summed E-state index contributed by atoms with van der Waals surface area (Å²) < 4.78 is 0. The van der Waals surface area contributed by atoms with Crippen LogP contribution >= 0.6 is 0 Å². The predicted molar refractivity (Wildman–Crippen MR) is 70.2 cm³/mol. The fourth-order valence-electron chi connectivity index (χ4n) is 2.09. The lowest BCUT2D eigenvalue weighted by atomic mass is 9.89. The first-order valence-electron chi connectivity index (χ1n) is 5.62. The molecule has 0 aliphatic carbocycles. The fourth-order valence-corrected chi connectivity index (χ4v) is 2.09. The minimum Gasteiger partial charge on any atom is -0.398 e. The number of nitrogen functional groups attached to an aromatic ring is 1. The molecule has 0 aliphatic rings. The van der Waals surface area contributed by atoms with Gasteiger partial charge in [-0.1, -0.05) is 49.4 Å². The molecule has 2 nitrogen and oxygen atoms in total. The van der Waals surface area contributed by atoms with Crippen molar-refractivity contribution < 1.29 is 4.79 Å². The molecule has 0 aliphatic heterocycles. The third-order valence-corrected chi connectivity index (χ3v) is 3.05. The molecule has 86 valence electrons. The van der Waals surface area contributed by atoms with Gasteiger partial charge in [0, 0.05) is 17.2 Å². The summed E-state index contributed by atoms with van der Waals surface area (Å²) in [6.07, 6.45) is 0.894. The van der Waals surface area contributed by atoms with Gasteiger partial charge in [-0.2, -0.15) is 0 Å². The topological polar surface area (TPSA) is 43.1 Å². The molecule has 0 saturated heterocycles. The highest BCUT2D eigenvalue weighted by Gasteiger charge is 2.13. The molecule has 2 aromatic rings. The van der Waals surface area contributed by atoms with E-state index in [1.54, 1.807) is 0 Å². The van der Waals surface area contributed by atoms with Gasteiger partial charge in [0.05, 0.1) is 0 Å². The zero-order valence-corrected chi connectivity index (χ0v) is 9.76. The van der Waals surface area contributed by atoms with Crippen LogP contribution in [0.3, 0.4) is 0 Å². The molecule has 0 aromatic heterocycles. The van der Waals surface area contributed by atoms with E-state index in [2.05, 4.69) is 6.92 Å². The Morgan fingerprint density at radius 2 is 1.59 bits per heavy atom. The Kier molecular flexibility index (Phi) is 3.24. The lowest BCUT2D eigenvalue weighted by Crippen LogP contribution is -2.03. The molecule has 0 heterocycles. The first-order chi connectivity index (χ1) is 8.24. The second kappa shape index (κ2) is 4.83. The molecule has 17 heavy (non-hydrogen) atoms. The van der Waals surface area contributed by atoms with Crippen molar-refractivity contribution in [1.29, 1.82) is 0 Å². The number of anilines is 1. The van der Waals surface area contributed by atoms with Crippen LogP contribution < -0.4 is 5.73 Å². The van der Waals surface area contributed by atoms with E-state index in [9.17, 15) is 4.79 Å². The van der Waals surface area contributed by atoms with Gasteiger partial charge >= 0.3 is 0 Å². The van der Waals surface area contributed by atoms with Crippen LogP contribution in [0, 0.1) is 0 Å². The van der Waals surface area contributed by atoms with E-state index in [0.717, 1.165) is 28.7 Å². The smallest absolute Gasteiger partial charge is 0.150 e. The van der Waals surface area contributed by atoms with Gasteiger partial charge in [0.25, 0.3) is 0 Å². The highest BCUT2D eigenvalue weighted by Crippen LogP contribution is 2.29. The summed E-state index contributed by atoms with van der Waals surface area (Å²) in [5.41, 5.74) is 9.52. The number of nitrogens with two attached hydrogens (primary N) is 1. The molecule has 0 bridgehead atoms. The Hall–Kier alpha value is -2.09. The van der Waals surface area contributed by atoms with Gasteiger partial charge in [0.2, 0.25) is 0 Å². The zero-order valence-electron chi connectivity index (χ0n) is 9.76. The van der Waals surface area contributed by atoms with Crippen LogP contribution in [0.15, 0.2) is 48.5 Å². The Morgan fingerprint density at radius 1 is 1.00 bits per heavy atom. The minimum atomic E-state index is 0.123. The molecule has 0 amide bonds. The van der Waals surface area contributed by atoms with E-state index in [0.29, 0.717) is 0 Å². The van der Waals surface area contributed by atoms with Gasteiger partial charge in [-0.15, -0.1) is 0 Å². The van der Waals surface area contributed by atoms with Crippen molar-refractivity contribution in [3.8, 4) is 0 Å². The van der Waals surface area contributed by atoms with Crippen molar-refractivity contribution >= 4 is 12.0 Å². The van der Waals surface area contributed by atoms with Crippen molar-refractivity contribution in [1.82, 2.24) is 0 Å². The average Bonchev–Trinajstić information content (AvgIpc) is 2.38. The van der Waals surface area contributed by atoms with E-state index < -0.39 is 0 Å². The van der Waals surface area contributed by atoms with Crippen LogP contribution in [0.25, 0.3) is 0 Å². The van der Waals surface area contributed by atoms with Crippen LogP contribution in [-0.2, 0) is 0 Å². The first kappa shape index (κ1) is 11.4. The minimum absolute atomic E-state index is 0.123. The number of aldehydes is 1. The Balaban J connectivity index is 2.47. The van der Waals surface area contributed by atoms with E-state index in [1.807, 2.05) is 48.5 Å².